The van der Waals surface area contributed by atoms with Crippen molar-refractivity contribution in [1.82, 2.24) is 0 Å². The van der Waals surface area contributed by atoms with Crippen molar-refractivity contribution >= 4 is 10.8 Å². The number of allylic oxidation sites excluding steroid dienone is 5. The first-order chi connectivity index (χ1) is 12.2. The van der Waals surface area contributed by atoms with Gasteiger partial charge in [0.05, 0.1) is 10.8 Å². The number of benzene rings is 1. The van der Waals surface area contributed by atoms with Crippen LogP contribution in [0.15, 0.2) is 63.4 Å². The van der Waals surface area contributed by atoms with Crippen LogP contribution in [-0.2, 0) is 10.8 Å². The summed E-state index contributed by atoms with van der Waals surface area (Å²) in [6.45, 7) is 2.05. The molecule has 2 aliphatic rings. The molecule has 0 saturated carbocycles. The van der Waals surface area contributed by atoms with Gasteiger partial charge in [0, 0.05) is 15.9 Å². The monoisotopic (exact) mass is 350 g/mol. The molecule has 1 aromatic rings. The van der Waals surface area contributed by atoms with Crippen LogP contribution < -0.4 is 0 Å². The predicted molar refractivity (Wildman–Crippen MR) is 107 cm³/mol. The molecule has 0 aliphatic heterocycles. The maximum Gasteiger partial charge on any atom is 0.0788 e. The largest absolute Gasteiger partial charge is 0.250 e. The van der Waals surface area contributed by atoms with E-state index >= 15 is 0 Å². The lowest BCUT2D eigenvalue weighted by Crippen LogP contribution is -1.97. The Bertz CT molecular complexity index is 782. The van der Waals surface area contributed by atoms with E-state index in [1.807, 2.05) is 36.6 Å². The first-order valence-corrected chi connectivity index (χ1v) is 10.5. The van der Waals surface area contributed by atoms with Crippen LogP contribution in [0, 0.1) is 18.8 Å². The molecule has 3 rings (SSSR count). The topological polar surface area (TPSA) is 17.1 Å². The van der Waals surface area contributed by atoms with Crippen molar-refractivity contribution in [1.29, 1.82) is 0 Å². The van der Waals surface area contributed by atoms with E-state index in [1.54, 1.807) is 0 Å². The molecule has 25 heavy (non-hydrogen) atoms. The van der Waals surface area contributed by atoms with Gasteiger partial charge in [-0.05, 0) is 81.6 Å². The molecule has 0 saturated heterocycles. The summed E-state index contributed by atoms with van der Waals surface area (Å²) in [7, 11) is -1.15. The Labute approximate surface area is 154 Å². The summed E-state index contributed by atoms with van der Waals surface area (Å²) < 4.78 is 12.8. The molecule has 130 valence electrons. The lowest BCUT2D eigenvalue weighted by atomic mass is 9.94. The molecule has 0 bridgehead atoms. The fourth-order valence-electron chi connectivity index (χ4n) is 3.21. The molecule has 0 radical (unpaired) electrons. The highest BCUT2D eigenvalue weighted by Crippen LogP contribution is 2.25. The smallest absolute Gasteiger partial charge is 0.0788 e. The molecule has 1 nitrogen and oxygen atoms in total. The van der Waals surface area contributed by atoms with Gasteiger partial charge in [0.25, 0.3) is 0 Å². The summed E-state index contributed by atoms with van der Waals surface area (Å²) in [5, 5.41) is 1.86. The maximum atomic E-state index is 12.8. The third kappa shape index (κ3) is 5.31. The van der Waals surface area contributed by atoms with E-state index in [0.29, 0.717) is 0 Å². The minimum atomic E-state index is -1.15. The number of aryl methyl sites for hydroxylation is 1. The normalized spacial score (nSPS) is 19.3. The Hall–Kier alpha value is -1.85. The zero-order chi connectivity index (χ0) is 17.5. The van der Waals surface area contributed by atoms with E-state index < -0.39 is 10.8 Å². The second kappa shape index (κ2) is 9.02. The van der Waals surface area contributed by atoms with Gasteiger partial charge in [0.15, 0.2) is 0 Å². The van der Waals surface area contributed by atoms with Crippen LogP contribution in [0.3, 0.4) is 0 Å². The minimum absolute atomic E-state index is 0.846. The summed E-state index contributed by atoms with van der Waals surface area (Å²) in [5.74, 6) is 6.71. The van der Waals surface area contributed by atoms with Gasteiger partial charge in [0.2, 0.25) is 0 Å². The van der Waals surface area contributed by atoms with E-state index in [1.165, 1.54) is 42.4 Å². The van der Waals surface area contributed by atoms with Crippen molar-refractivity contribution in [3.8, 4) is 11.8 Å². The molecule has 2 heteroatoms. The van der Waals surface area contributed by atoms with E-state index in [-0.39, 0.29) is 0 Å². The van der Waals surface area contributed by atoms with E-state index in [9.17, 15) is 4.21 Å². The van der Waals surface area contributed by atoms with E-state index in [2.05, 4.69) is 24.0 Å². The van der Waals surface area contributed by atoms with Crippen molar-refractivity contribution in [3.05, 3.63) is 64.1 Å². The fourth-order valence-corrected chi connectivity index (χ4v) is 4.18. The third-order valence-corrected chi connectivity index (χ3v) is 5.95. The highest BCUT2D eigenvalue weighted by molar-refractivity contribution is 7.88. The molecule has 2 aliphatic carbocycles. The molecular weight excluding hydrogens is 324 g/mol. The Balaban J connectivity index is 1.88. The number of hydrogen-bond acceptors (Lipinski definition) is 1. The standard InChI is InChI=1S/C23H26OS/c1-19-12-16-23(17-13-19)25(24)18-22(21-10-6-3-7-11-21)15-14-20-8-4-2-5-9-20/h8,10,12-13,16-18H,2-7,9,11H2,1H3/b22-18-/t25-/m1/s1. The van der Waals surface area contributed by atoms with Crippen molar-refractivity contribution in [3.63, 3.8) is 0 Å². The summed E-state index contributed by atoms with van der Waals surface area (Å²) >= 11 is 0. The van der Waals surface area contributed by atoms with Crippen molar-refractivity contribution in [2.75, 3.05) is 0 Å². The molecule has 0 heterocycles. The first-order valence-electron chi connectivity index (χ1n) is 9.32. The zero-order valence-electron chi connectivity index (χ0n) is 15.0. The van der Waals surface area contributed by atoms with E-state index in [0.717, 1.165) is 36.2 Å². The van der Waals surface area contributed by atoms with Crippen LogP contribution in [0.5, 0.6) is 0 Å². The molecule has 0 aromatic heterocycles. The average molecular weight is 351 g/mol. The number of hydrogen-bond donors (Lipinski definition) is 0. The lowest BCUT2D eigenvalue weighted by molar-refractivity contribution is 0.688. The second-order valence-electron chi connectivity index (χ2n) is 6.84. The van der Waals surface area contributed by atoms with Crippen LogP contribution in [0.1, 0.15) is 56.9 Å². The van der Waals surface area contributed by atoms with Gasteiger partial charge in [-0.1, -0.05) is 41.7 Å². The van der Waals surface area contributed by atoms with Crippen molar-refractivity contribution < 1.29 is 4.21 Å². The van der Waals surface area contributed by atoms with Crippen LogP contribution in [0.2, 0.25) is 0 Å². The SMILES string of the molecule is Cc1ccc([S@](=O)/C=C(/C#CC2=CCCCC2)C2=CCCCC2)cc1. The van der Waals surface area contributed by atoms with Crippen molar-refractivity contribution in [2.45, 2.75) is 63.2 Å². The Kier molecular flexibility index (Phi) is 6.48. The van der Waals surface area contributed by atoms with Gasteiger partial charge in [-0.3, -0.25) is 0 Å². The van der Waals surface area contributed by atoms with Crippen LogP contribution in [-0.4, -0.2) is 4.21 Å². The Morgan fingerprint density at radius 1 is 1.00 bits per heavy atom. The van der Waals surface area contributed by atoms with Crippen LogP contribution in [0.25, 0.3) is 0 Å². The number of rotatable bonds is 3. The Morgan fingerprint density at radius 3 is 2.36 bits per heavy atom. The molecule has 0 unspecified atom stereocenters. The van der Waals surface area contributed by atoms with Gasteiger partial charge >= 0.3 is 0 Å². The minimum Gasteiger partial charge on any atom is -0.250 e. The highest BCUT2D eigenvalue weighted by atomic mass is 32.2. The molecule has 0 spiro atoms. The fraction of sp³-hybridized carbons (Fsp3) is 0.391. The zero-order valence-corrected chi connectivity index (χ0v) is 15.8. The molecular formula is C23H26OS. The van der Waals surface area contributed by atoms with Crippen molar-refractivity contribution in [2.24, 2.45) is 0 Å². The summed E-state index contributed by atoms with van der Waals surface area (Å²) in [4.78, 5) is 0.846. The van der Waals surface area contributed by atoms with Gasteiger partial charge in [-0.25, -0.2) is 4.21 Å². The van der Waals surface area contributed by atoms with Gasteiger partial charge in [0.1, 0.15) is 0 Å². The predicted octanol–water partition coefficient (Wildman–Crippen LogP) is 5.99. The van der Waals surface area contributed by atoms with Gasteiger partial charge < -0.3 is 0 Å². The molecule has 0 fully saturated rings. The summed E-state index contributed by atoms with van der Waals surface area (Å²) in [6.07, 6.45) is 13.9. The molecule has 0 N–H and O–H groups in total. The molecule has 1 aromatic carbocycles. The molecule has 0 amide bonds. The summed E-state index contributed by atoms with van der Waals surface area (Å²) in [5.41, 5.74) is 4.67. The first kappa shape index (κ1) is 18.0. The molecule has 1 atom stereocenters. The van der Waals surface area contributed by atoms with Gasteiger partial charge in [-0.2, -0.15) is 0 Å². The quantitative estimate of drug-likeness (QED) is 0.612. The lowest BCUT2D eigenvalue weighted by Gasteiger charge is -2.13. The van der Waals surface area contributed by atoms with Crippen LogP contribution >= 0.6 is 0 Å². The van der Waals surface area contributed by atoms with E-state index in [4.69, 9.17) is 0 Å². The van der Waals surface area contributed by atoms with Crippen LogP contribution in [0.4, 0.5) is 0 Å². The average Bonchev–Trinajstić information content (AvgIpc) is 2.67. The summed E-state index contributed by atoms with van der Waals surface area (Å²) in [6, 6.07) is 7.93. The maximum absolute atomic E-state index is 12.8. The third-order valence-electron chi connectivity index (χ3n) is 4.76. The second-order valence-corrected chi connectivity index (χ2v) is 8.14. The van der Waals surface area contributed by atoms with Gasteiger partial charge in [-0.15, -0.1) is 0 Å². The highest BCUT2D eigenvalue weighted by Gasteiger charge is 2.10. The Morgan fingerprint density at radius 2 is 1.72 bits per heavy atom.